The Morgan fingerprint density at radius 1 is 1.15 bits per heavy atom. The van der Waals surface area contributed by atoms with Gasteiger partial charge in [0.25, 0.3) is 0 Å². The van der Waals surface area contributed by atoms with Gasteiger partial charge in [-0.05, 0) is 50.2 Å². The highest BCUT2D eigenvalue weighted by atomic mass is 19.1. The number of oxazole rings is 1. The van der Waals surface area contributed by atoms with E-state index in [0.29, 0.717) is 12.1 Å². The highest BCUT2D eigenvalue weighted by Gasteiger charge is 2.35. The van der Waals surface area contributed by atoms with Crippen molar-refractivity contribution in [3.63, 3.8) is 0 Å². The Hall–Kier alpha value is -2.67. The Morgan fingerprint density at radius 2 is 1.88 bits per heavy atom. The van der Waals surface area contributed by atoms with Gasteiger partial charge < -0.3 is 9.32 Å². The molecule has 0 amide bonds. The number of aromatic nitrogens is 1. The third kappa shape index (κ3) is 3.22. The van der Waals surface area contributed by atoms with Gasteiger partial charge in [-0.15, -0.1) is 0 Å². The molecule has 1 aromatic carbocycles. The van der Waals surface area contributed by atoms with Crippen LogP contribution in [-0.2, 0) is 0 Å². The largest absolute Gasteiger partial charge is 0.432 e. The number of likely N-dealkylation sites (tertiary alicyclic amines) is 1. The lowest BCUT2D eigenvalue weighted by molar-refractivity contribution is 0.0940. The minimum absolute atomic E-state index is 0.000461. The van der Waals surface area contributed by atoms with Crippen molar-refractivity contribution in [2.45, 2.75) is 19.3 Å². The van der Waals surface area contributed by atoms with E-state index < -0.39 is 0 Å². The molecule has 0 unspecified atom stereocenters. The molecule has 134 valence electrons. The molecule has 2 aliphatic rings. The van der Waals surface area contributed by atoms with Gasteiger partial charge in [-0.2, -0.15) is 0 Å². The Labute approximate surface area is 149 Å². The standard InChI is InChI=1S/C19H18FN3O3/c20-13-5-3-12(4-6-13)19-22-16-17(25)14(11-15(24)18(16)26-19)21-7-10-23-8-1-2-9-23/h3-6H,1-2,7-11H2. The van der Waals surface area contributed by atoms with Gasteiger partial charge in [-0.3, -0.25) is 14.6 Å². The average molecular weight is 355 g/mol. The lowest BCUT2D eigenvalue weighted by atomic mass is 9.97. The summed E-state index contributed by atoms with van der Waals surface area (Å²) in [5.41, 5.74) is 0.745. The summed E-state index contributed by atoms with van der Waals surface area (Å²) in [4.78, 5) is 35.7. The number of halogens is 1. The van der Waals surface area contributed by atoms with Crippen LogP contribution < -0.4 is 0 Å². The van der Waals surface area contributed by atoms with E-state index >= 15 is 0 Å². The normalized spacial score (nSPS) is 19.3. The van der Waals surface area contributed by atoms with Crippen molar-refractivity contribution in [2.24, 2.45) is 4.99 Å². The number of rotatable bonds is 4. The van der Waals surface area contributed by atoms with E-state index in [9.17, 15) is 14.0 Å². The fraction of sp³-hybridized carbons (Fsp3) is 0.368. The summed E-state index contributed by atoms with van der Waals surface area (Å²) in [6, 6.07) is 5.53. The molecule has 0 atom stereocenters. The first-order valence-corrected chi connectivity index (χ1v) is 8.72. The molecule has 0 radical (unpaired) electrons. The van der Waals surface area contributed by atoms with Gasteiger partial charge in [-0.25, -0.2) is 9.37 Å². The van der Waals surface area contributed by atoms with Gasteiger partial charge in [0.2, 0.25) is 23.2 Å². The molecule has 1 saturated heterocycles. The Balaban J connectivity index is 1.55. The summed E-state index contributed by atoms with van der Waals surface area (Å²) in [5.74, 6) is -0.953. The fourth-order valence-electron chi connectivity index (χ4n) is 3.29. The number of Topliss-reactive ketones (excluding diaryl/α,β-unsaturated/α-hetero) is 2. The first kappa shape index (κ1) is 16.8. The molecular weight excluding hydrogens is 337 g/mol. The summed E-state index contributed by atoms with van der Waals surface area (Å²) in [5, 5.41) is 0. The molecule has 1 aliphatic heterocycles. The number of carbonyl (C=O) groups is 2. The number of hydrogen-bond donors (Lipinski definition) is 0. The second-order valence-corrected chi connectivity index (χ2v) is 6.51. The quantitative estimate of drug-likeness (QED) is 0.843. The minimum Gasteiger partial charge on any atom is -0.432 e. The minimum atomic E-state index is -0.385. The van der Waals surface area contributed by atoms with Crippen molar-refractivity contribution in [2.75, 3.05) is 26.2 Å². The third-order valence-electron chi connectivity index (χ3n) is 4.69. The van der Waals surface area contributed by atoms with Gasteiger partial charge in [0.1, 0.15) is 5.82 Å². The van der Waals surface area contributed by atoms with Crippen LogP contribution in [0, 0.1) is 5.82 Å². The first-order chi connectivity index (χ1) is 12.6. The zero-order valence-electron chi connectivity index (χ0n) is 14.2. The Kier molecular flexibility index (Phi) is 4.46. The molecule has 1 aromatic heterocycles. The smallest absolute Gasteiger partial charge is 0.229 e. The van der Waals surface area contributed by atoms with Crippen LogP contribution in [0.4, 0.5) is 4.39 Å². The van der Waals surface area contributed by atoms with Crippen molar-refractivity contribution in [1.29, 1.82) is 0 Å². The molecule has 26 heavy (non-hydrogen) atoms. The molecule has 4 rings (SSSR count). The zero-order chi connectivity index (χ0) is 18.1. The number of benzene rings is 1. The van der Waals surface area contributed by atoms with Crippen LogP contribution in [0.5, 0.6) is 0 Å². The van der Waals surface area contributed by atoms with Crippen LogP contribution in [0.25, 0.3) is 11.5 Å². The predicted molar refractivity (Wildman–Crippen MR) is 93.2 cm³/mol. The van der Waals surface area contributed by atoms with Gasteiger partial charge in [0.15, 0.2) is 5.69 Å². The molecule has 0 N–H and O–H groups in total. The van der Waals surface area contributed by atoms with E-state index in [0.717, 1.165) is 19.6 Å². The van der Waals surface area contributed by atoms with Gasteiger partial charge >= 0.3 is 0 Å². The SMILES string of the molecule is O=C1C(=NCCN2CCCC2)CC(=O)c2oc(-c3ccc(F)cc3)nc21. The van der Waals surface area contributed by atoms with Crippen molar-refractivity contribution in [3.05, 3.63) is 41.5 Å². The van der Waals surface area contributed by atoms with E-state index in [1.54, 1.807) is 0 Å². The number of aliphatic imine (C=N–C) groups is 1. The Morgan fingerprint density at radius 3 is 2.62 bits per heavy atom. The van der Waals surface area contributed by atoms with Crippen LogP contribution in [0.2, 0.25) is 0 Å². The number of fused-ring (bicyclic) bond motifs is 1. The molecule has 1 aliphatic carbocycles. The monoisotopic (exact) mass is 355 g/mol. The van der Waals surface area contributed by atoms with Crippen molar-refractivity contribution >= 4 is 17.3 Å². The molecule has 2 aromatic rings. The Bertz CT molecular complexity index is 880. The average Bonchev–Trinajstić information content (AvgIpc) is 3.30. The van der Waals surface area contributed by atoms with Gasteiger partial charge in [0.05, 0.1) is 18.7 Å². The van der Waals surface area contributed by atoms with Crippen LogP contribution in [0.15, 0.2) is 33.7 Å². The topological polar surface area (TPSA) is 75.8 Å². The molecule has 1 fully saturated rings. The summed E-state index contributed by atoms with van der Waals surface area (Å²) in [6.07, 6.45) is 2.33. The molecule has 0 spiro atoms. The molecule has 0 bridgehead atoms. The van der Waals surface area contributed by atoms with Crippen LogP contribution in [0.1, 0.15) is 40.3 Å². The molecule has 2 heterocycles. The molecular formula is C19H18FN3O3. The highest BCUT2D eigenvalue weighted by Crippen LogP contribution is 2.27. The van der Waals surface area contributed by atoms with Gasteiger partial charge in [0, 0.05) is 12.1 Å². The summed E-state index contributed by atoms with van der Waals surface area (Å²) in [6.45, 7) is 3.40. The van der Waals surface area contributed by atoms with E-state index in [1.807, 2.05) is 0 Å². The van der Waals surface area contributed by atoms with Crippen LogP contribution in [0.3, 0.4) is 0 Å². The molecule has 6 nitrogen and oxygen atoms in total. The van der Waals surface area contributed by atoms with Crippen molar-refractivity contribution in [1.82, 2.24) is 9.88 Å². The van der Waals surface area contributed by atoms with E-state index in [2.05, 4.69) is 14.9 Å². The number of nitrogens with zero attached hydrogens (tertiary/aromatic N) is 3. The molecule has 7 heteroatoms. The fourth-order valence-corrected chi connectivity index (χ4v) is 3.29. The first-order valence-electron chi connectivity index (χ1n) is 8.72. The van der Waals surface area contributed by atoms with E-state index in [4.69, 9.17) is 4.42 Å². The number of ketones is 2. The maximum Gasteiger partial charge on any atom is 0.229 e. The second-order valence-electron chi connectivity index (χ2n) is 6.51. The predicted octanol–water partition coefficient (Wildman–Crippen LogP) is 2.79. The van der Waals surface area contributed by atoms with E-state index in [1.165, 1.54) is 37.1 Å². The third-order valence-corrected chi connectivity index (χ3v) is 4.69. The summed E-state index contributed by atoms with van der Waals surface area (Å²) >= 11 is 0. The van der Waals surface area contributed by atoms with Crippen LogP contribution >= 0.6 is 0 Å². The zero-order valence-corrected chi connectivity index (χ0v) is 14.2. The molecule has 0 saturated carbocycles. The maximum atomic E-state index is 13.1. The number of hydrogen-bond acceptors (Lipinski definition) is 6. The second kappa shape index (κ2) is 6.92. The van der Waals surface area contributed by atoms with E-state index in [-0.39, 0.29) is 46.9 Å². The lowest BCUT2D eigenvalue weighted by Gasteiger charge is -2.13. The maximum absolute atomic E-state index is 13.1. The lowest BCUT2D eigenvalue weighted by Crippen LogP contribution is -2.28. The van der Waals surface area contributed by atoms with Crippen molar-refractivity contribution in [3.8, 4) is 11.5 Å². The van der Waals surface area contributed by atoms with Crippen molar-refractivity contribution < 1.29 is 18.4 Å². The highest BCUT2D eigenvalue weighted by molar-refractivity contribution is 6.52. The number of carbonyl (C=O) groups excluding carboxylic acids is 2. The van der Waals surface area contributed by atoms with Gasteiger partial charge in [-0.1, -0.05) is 0 Å². The van der Waals surface area contributed by atoms with Crippen LogP contribution in [-0.4, -0.2) is 53.3 Å². The summed E-state index contributed by atoms with van der Waals surface area (Å²) < 4.78 is 18.5. The summed E-state index contributed by atoms with van der Waals surface area (Å²) in [7, 11) is 0.